The first kappa shape index (κ1) is 15.9. The van der Waals surface area contributed by atoms with E-state index in [1.54, 1.807) is 10.7 Å². The minimum atomic E-state index is -0.299. The van der Waals surface area contributed by atoms with Crippen LogP contribution in [-0.2, 0) is 6.54 Å². The maximum atomic E-state index is 12.7. The van der Waals surface area contributed by atoms with E-state index in [1.165, 1.54) is 0 Å². The summed E-state index contributed by atoms with van der Waals surface area (Å²) in [7, 11) is 0. The molecular formula is C20H23N3O2. The van der Waals surface area contributed by atoms with Gasteiger partial charge in [-0.15, -0.1) is 0 Å². The summed E-state index contributed by atoms with van der Waals surface area (Å²) in [4.78, 5) is 14.7. The lowest BCUT2D eigenvalue weighted by atomic mass is 9.91. The van der Waals surface area contributed by atoms with Gasteiger partial charge in [0.2, 0.25) is 0 Å². The van der Waals surface area contributed by atoms with Gasteiger partial charge in [-0.05, 0) is 38.0 Å². The van der Waals surface area contributed by atoms with Gasteiger partial charge in [-0.2, -0.15) is 5.10 Å². The second-order valence-corrected chi connectivity index (χ2v) is 6.74. The molecule has 130 valence electrons. The van der Waals surface area contributed by atoms with E-state index in [0.29, 0.717) is 12.2 Å². The predicted octanol–water partition coefficient (Wildman–Crippen LogP) is 3.37. The van der Waals surface area contributed by atoms with Crippen LogP contribution >= 0.6 is 0 Å². The van der Waals surface area contributed by atoms with Crippen LogP contribution in [-0.4, -0.2) is 39.3 Å². The Balaban J connectivity index is 1.48. The maximum Gasteiger partial charge on any atom is 0.274 e. The van der Waals surface area contributed by atoms with Crippen molar-refractivity contribution in [1.29, 1.82) is 0 Å². The number of aryl methyl sites for hydroxylation is 1. The third kappa shape index (κ3) is 3.06. The highest BCUT2D eigenvalue weighted by atomic mass is 16.5. The lowest BCUT2D eigenvalue weighted by Gasteiger charge is -2.34. The van der Waals surface area contributed by atoms with Crippen molar-refractivity contribution >= 4 is 12.0 Å². The summed E-state index contributed by atoms with van der Waals surface area (Å²) in [5.74, 6) is 0.955. The lowest BCUT2D eigenvalue weighted by molar-refractivity contribution is 0.0724. The van der Waals surface area contributed by atoms with Crippen LogP contribution in [0.1, 0.15) is 42.2 Å². The first-order valence-corrected chi connectivity index (χ1v) is 8.99. The van der Waals surface area contributed by atoms with Gasteiger partial charge < -0.3 is 9.64 Å². The number of ether oxygens (including phenoxy) is 1. The molecule has 0 bridgehead atoms. The second-order valence-electron chi connectivity index (χ2n) is 6.74. The number of carbonyl (C=O) groups is 1. The average Bonchev–Trinajstić information content (AvgIpc) is 3.04. The van der Waals surface area contributed by atoms with Crippen molar-refractivity contribution in [3.8, 4) is 5.75 Å². The molecule has 0 N–H and O–H groups in total. The van der Waals surface area contributed by atoms with Crippen LogP contribution in [0.5, 0.6) is 5.75 Å². The van der Waals surface area contributed by atoms with Gasteiger partial charge in [-0.1, -0.05) is 24.3 Å². The molecule has 2 aliphatic rings. The molecule has 2 aliphatic heterocycles. The number of para-hydroxylation sites is 1. The van der Waals surface area contributed by atoms with Crippen LogP contribution in [0, 0.1) is 0 Å². The summed E-state index contributed by atoms with van der Waals surface area (Å²) in [6.45, 7) is 4.22. The lowest BCUT2D eigenvalue weighted by Crippen LogP contribution is -2.38. The SMILES string of the molecule is CCn1ccc(C(=O)N2CCC[C@]3(C=Cc4ccccc4O3)CC2)n1. The average molecular weight is 337 g/mol. The van der Waals surface area contributed by atoms with Crippen molar-refractivity contribution in [2.75, 3.05) is 13.1 Å². The molecule has 0 aliphatic carbocycles. The molecule has 1 aromatic carbocycles. The molecule has 4 rings (SSSR count). The van der Waals surface area contributed by atoms with Gasteiger partial charge in [0.1, 0.15) is 17.0 Å². The number of aromatic nitrogens is 2. The van der Waals surface area contributed by atoms with Crippen LogP contribution in [0.25, 0.3) is 6.08 Å². The number of benzene rings is 1. The number of hydrogen-bond donors (Lipinski definition) is 0. The molecule has 5 heteroatoms. The fourth-order valence-corrected chi connectivity index (χ4v) is 3.62. The van der Waals surface area contributed by atoms with E-state index in [1.807, 2.05) is 36.2 Å². The highest BCUT2D eigenvalue weighted by Gasteiger charge is 2.36. The van der Waals surface area contributed by atoms with Crippen LogP contribution in [0.3, 0.4) is 0 Å². The number of amides is 1. The molecule has 5 nitrogen and oxygen atoms in total. The number of fused-ring (bicyclic) bond motifs is 1. The van der Waals surface area contributed by atoms with Gasteiger partial charge in [-0.3, -0.25) is 9.48 Å². The predicted molar refractivity (Wildman–Crippen MR) is 96.5 cm³/mol. The van der Waals surface area contributed by atoms with Crippen molar-refractivity contribution in [3.05, 3.63) is 53.9 Å². The molecule has 3 heterocycles. The van der Waals surface area contributed by atoms with Gasteiger partial charge in [-0.25, -0.2) is 0 Å². The fraction of sp³-hybridized carbons (Fsp3) is 0.400. The molecule has 1 amide bonds. The minimum absolute atomic E-state index is 0.0180. The van der Waals surface area contributed by atoms with E-state index in [0.717, 1.165) is 43.7 Å². The van der Waals surface area contributed by atoms with Crippen LogP contribution < -0.4 is 4.74 Å². The molecular weight excluding hydrogens is 314 g/mol. The van der Waals surface area contributed by atoms with E-state index in [4.69, 9.17) is 4.74 Å². The quantitative estimate of drug-likeness (QED) is 0.844. The molecule has 1 aromatic heterocycles. The summed E-state index contributed by atoms with van der Waals surface area (Å²) >= 11 is 0. The van der Waals surface area contributed by atoms with E-state index in [9.17, 15) is 4.79 Å². The Hall–Kier alpha value is -2.56. The molecule has 1 saturated heterocycles. The molecule has 1 fully saturated rings. The molecule has 1 spiro atoms. The summed E-state index contributed by atoms with van der Waals surface area (Å²) in [6, 6.07) is 9.91. The zero-order valence-corrected chi connectivity index (χ0v) is 14.5. The minimum Gasteiger partial charge on any atom is -0.483 e. The number of carbonyl (C=O) groups excluding carboxylic acids is 1. The molecule has 0 radical (unpaired) electrons. The normalized spacial score (nSPS) is 22.4. The fourth-order valence-electron chi connectivity index (χ4n) is 3.62. The largest absolute Gasteiger partial charge is 0.483 e. The van der Waals surface area contributed by atoms with Gasteiger partial charge in [0.25, 0.3) is 5.91 Å². The van der Waals surface area contributed by atoms with Crippen molar-refractivity contribution in [3.63, 3.8) is 0 Å². The van der Waals surface area contributed by atoms with E-state index >= 15 is 0 Å². The van der Waals surface area contributed by atoms with E-state index < -0.39 is 0 Å². The number of rotatable bonds is 2. The molecule has 0 unspecified atom stereocenters. The second kappa shape index (κ2) is 6.39. The van der Waals surface area contributed by atoms with Gasteiger partial charge in [0.15, 0.2) is 0 Å². The standard InChI is InChI=1S/C20H23N3O2/c1-2-23-14-9-17(21-23)19(24)22-13-5-10-20(12-15-22)11-8-16-6-3-4-7-18(16)25-20/h3-4,6-9,11,14H,2,5,10,12-13,15H2,1H3/t20-/m0/s1. The van der Waals surface area contributed by atoms with Crippen LogP contribution in [0.15, 0.2) is 42.6 Å². The summed E-state index contributed by atoms with van der Waals surface area (Å²) in [5, 5.41) is 4.35. The van der Waals surface area contributed by atoms with Crippen molar-refractivity contribution < 1.29 is 9.53 Å². The molecule has 25 heavy (non-hydrogen) atoms. The zero-order chi connectivity index (χ0) is 17.3. The molecule has 0 saturated carbocycles. The van der Waals surface area contributed by atoms with Crippen molar-refractivity contribution in [2.24, 2.45) is 0 Å². The van der Waals surface area contributed by atoms with Gasteiger partial charge >= 0.3 is 0 Å². The first-order chi connectivity index (χ1) is 12.2. The summed E-state index contributed by atoms with van der Waals surface area (Å²) in [6.07, 6.45) is 8.83. The Morgan fingerprint density at radius 3 is 2.96 bits per heavy atom. The van der Waals surface area contributed by atoms with Crippen molar-refractivity contribution in [1.82, 2.24) is 14.7 Å². The topological polar surface area (TPSA) is 47.4 Å². The van der Waals surface area contributed by atoms with E-state index in [-0.39, 0.29) is 11.5 Å². The third-order valence-electron chi connectivity index (χ3n) is 5.10. The van der Waals surface area contributed by atoms with E-state index in [2.05, 4.69) is 23.3 Å². The smallest absolute Gasteiger partial charge is 0.274 e. The monoisotopic (exact) mass is 337 g/mol. The van der Waals surface area contributed by atoms with Gasteiger partial charge in [0, 0.05) is 37.8 Å². The van der Waals surface area contributed by atoms with Gasteiger partial charge in [0.05, 0.1) is 0 Å². The highest BCUT2D eigenvalue weighted by molar-refractivity contribution is 5.92. The number of nitrogens with zero attached hydrogens (tertiary/aromatic N) is 3. The first-order valence-electron chi connectivity index (χ1n) is 8.99. The van der Waals surface area contributed by atoms with Crippen molar-refractivity contribution in [2.45, 2.75) is 38.3 Å². The highest BCUT2D eigenvalue weighted by Crippen LogP contribution is 2.37. The Bertz CT molecular complexity index is 811. The Labute approximate surface area is 147 Å². The molecule has 1 atom stereocenters. The number of likely N-dealkylation sites (tertiary alicyclic amines) is 1. The van der Waals surface area contributed by atoms with Crippen LogP contribution in [0.4, 0.5) is 0 Å². The zero-order valence-electron chi connectivity index (χ0n) is 14.5. The number of hydrogen-bond acceptors (Lipinski definition) is 3. The van der Waals surface area contributed by atoms with Crippen LogP contribution in [0.2, 0.25) is 0 Å². The maximum absolute atomic E-state index is 12.7. The Kier molecular flexibility index (Phi) is 4.07. The summed E-state index contributed by atoms with van der Waals surface area (Å²) in [5.41, 5.74) is 1.35. The Morgan fingerprint density at radius 1 is 1.24 bits per heavy atom. The summed E-state index contributed by atoms with van der Waals surface area (Å²) < 4.78 is 8.14. The Morgan fingerprint density at radius 2 is 2.12 bits per heavy atom. The third-order valence-corrected chi connectivity index (χ3v) is 5.10. The molecule has 2 aromatic rings.